The van der Waals surface area contributed by atoms with Crippen molar-refractivity contribution in [3.05, 3.63) is 29.8 Å². The van der Waals surface area contributed by atoms with Gasteiger partial charge in [-0.25, -0.2) is 0 Å². The van der Waals surface area contributed by atoms with Crippen LogP contribution in [0.25, 0.3) is 0 Å². The molecular formula is C16H26N2O. The Hall–Kier alpha value is -1.06. The third-order valence-electron chi connectivity index (χ3n) is 3.75. The summed E-state index contributed by atoms with van der Waals surface area (Å²) in [7, 11) is 1.71. The van der Waals surface area contributed by atoms with Crippen molar-refractivity contribution in [2.75, 3.05) is 26.7 Å². The highest BCUT2D eigenvalue weighted by Crippen LogP contribution is 2.19. The molecule has 1 fully saturated rings. The monoisotopic (exact) mass is 262 g/mol. The molecule has 0 radical (unpaired) electrons. The van der Waals surface area contributed by atoms with Crippen molar-refractivity contribution in [1.82, 2.24) is 10.2 Å². The Balaban J connectivity index is 1.77. The van der Waals surface area contributed by atoms with Gasteiger partial charge in [0.1, 0.15) is 5.75 Å². The first-order valence-electron chi connectivity index (χ1n) is 7.26. The average molecular weight is 262 g/mol. The average Bonchev–Trinajstić information content (AvgIpc) is 2.85. The van der Waals surface area contributed by atoms with Crippen molar-refractivity contribution in [2.24, 2.45) is 5.92 Å². The number of ether oxygens (including phenoxy) is 1. The van der Waals surface area contributed by atoms with E-state index >= 15 is 0 Å². The lowest BCUT2D eigenvalue weighted by Gasteiger charge is -2.17. The van der Waals surface area contributed by atoms with E-state index in [1.165, 1.54) is 25.1 Å². The molecule has 1 aromatic rings. The van der Waals surface area contributed by atoms with Gasteiger partial charge >= 0.3 is 0 Å². The van der Waals surface area contributed by atoms with Crippen LogP contribution < -0.4 is 10.1 Å². The number of methoxy groups -OCH3 is 1. The molecule has 0 aliphatic carbocycles. The van der Waals surface area contributed by atoms with E-state index in [2.05, 4.69) is 36.2 Å². The molecule has 3 nitrogen and oxygen atoms in total. The number of hydrogen-bond donors (Lipinski definition) is 1. The highest BCUT2D eigenvalue weighted by Gasteiger charge is 2.22. The molecule has 2 rings (SSSR count). The normalized spacial score (nSPS) is 20.1. The summed E-state index contributed by atoms with van der Waals surface area (Å²) in [5, 5.41) is 3.54. The Labute approximate surface area is 116 Å². The van der Waals surface area contributed by atoms with Gasteiger partial charge in [-0.05, 0) is 43.1 Å². The fraction of sp³-hybridized carbons (Fsp3) is 0.625. The van der Waals surface area contributed by atoms with Crippen LogP contribution in [0.1, 0.15) is 25.8 Å². The SMILES string of the molecule is COc1ccc(CN2CCC(CNC(C)C)C2)cc1. The molecule has 1 aromatic carbocycles. The molecule has 1 saturated heterocycles. The number of benzene rings is 1. The lowest BCUT2D eigenvalue weighted by Crippen LogP contribution is -2.30. The molecule has 1 N–H and O–H groups in total. The predicted molar refractivity (Wildman–Crippen MR) is 79.5 cm³/mol. The number of likely N-dealkylation sites (tertiary alicyclic amines) is 1. The zero-order valence-electron chi connectivity index (χ0n) is 12.4. The van der Waals surface area contributed by atoms with Gasteiger partial charge in [-0.1, -0.05) is 26.0 Å². The van der Waals surface area contributed by atoms with E-state index < -0.39 is 0 Å². The van der Waals surface area contributed by atoms with Gasteiger partial charge in [-0.15, -0.1) is 0 Å². The maximum atomic E-state index is 5.19. The summed E-state index contributed by atoms with van der Waals surface area (Å²) in [6, 6.07) is 9.01. The first-order valence-corrected chi connectivity index (χ1v) is 7.26. The summed E-state index contributed by atoms with van der Waals surface area (Å²) < 4.78 is 5.19. The molecular weight excluding hydrogens is 236 g/mol. The largest absolute Gasteiger partial charge is 0.497 e. The van der Waals surface area contributed by atoms with Crippen LogP contribution in [0.3, 0.4) is 0 Å². The van der Waals surface area contributed by atoms with Crippen LogP contribution in [0.5, 0.6) is 5.75 Å². The highest BCUT2D eigenvalue weighted by atomic mass is 16.5. The third-order valence-corrected chi connectivity index (χ3v) is 3.75. The first kappa shape index (κ1) is 14.4. The molecule has 106 valence electrons. The Bertz CT molecular complexity index is 375. The number of hydrogen-bond acceptors (Lipinski definition) is 3. The van der Waals surface area contributed by atoms with Crippen molar-refractivity contribution in [2.45, 2.75) is 32.9 Å². The quantitative estimate of drug-likeness (QED) is 0.852. The fourth-order valence-corrected chi connectivity index (χ4v) is 2.61. The number of nitrogens with zero attached hydrogens (tertiary/aromatic N) is 1. The van der Waals surface area contributed by atoms with Gasteiger partial charge in [-0.2, -0.15) is 0 Å². The zero-order chi connectivity index (χ0) is 13.7. The van der Waals surface area contributed by atoms with E-state index in [4.69, 9.17) is 4.74 Å². The topological polar surface area (TPSA) is 24.5 Å². The van der Waals surface area contributed by atoms with E-state index in [0.717, 1.165) is 24.8 Å². The van der Waals surface area contributed by atoms with Gasteiger partial charge in [0.25, 0.3) is 0 Å². The van der Waals surface area contributed by atoms with Crippen molar-refractivity contribution in [3.63, 3.8) is 0 Å². The van der Waals surface area contributed by atoms with Crippen LogP contribution in [-0.2, 0) is 6.54 Å². The summed E-state index contributed by atoms with van der Waals surface area (Å²) in [5.41, 5.74) is 1.37. The van der Waals surface area contributed by atoms with Crippen LogP contribution in [-0.4, -0.2) is 37.7 Å². The Morgan fingerprint density at radius 3 is 2.68 bits per heavy atom. The number of rotatable bonds is 6. The molecule has 0 bridgehead atoms. The Kier molecular flexibility index (Phi) is 5.23. The highest BCUT2D eigenvalue weighted by molar-refractivity contribution is 5.27. The van der Waals surface area contributed by atoms with Gasteiger partial charge in [0.05, 0.1) is 7.11 Å². The molecule has 0 amide bonds. The summed E-state index contributed by atoms with van der Waals surface area (Å²) in [5.74, 6) is 1.74. The van der Waals surface area contributed by atoms with E-state index in [1.807, 2.05) is 12.1 Å². The van der Waals surface area contributed by atoms with E-state index in [-0.39, 0.29) is 0 Å². The minimum Gasteiger partial charge on any atom is -0.497 e. The standard InChI is InChI=1S/C16H26N2O/c1-13(2)17-10-15-8-9-18(12-15)11-14-4-6-16(19-3)7-5-14/h4-7,13,15,17H,8-12H2,1-3H3. The van der Waals surface area contributed by atoms with Crippen molar-refractivity contribution < 1.29 is 4.74 Å². The molecule has 3 heteroatoms. The second kappa shape index (κ2) is 6.92. The van der Waals surface area contributed by atoms with Crippen molar-refractivity contribution >= 4 is 0 Å². The molecule has 1 aliphatic heterocycles. The summed E-state index contributed by atoms with van der Waals surface area (Å²) in [6.07, 6.45) is 1.32. The molecule has 0 saturated carbocycles. The van der Waals surface area contributed by atoms with Gasteiger partial charge < -0.3 is 10.1 Å². The van der Waals surface area contributed by atoms with E-state index in [9.17, 15) is 0 Å². The lowest BCUT2D eigenvalue weighted by atomic mass is 10.1. The molecule has 19 heavy (non-hydrogen) atoms. The second-order valence-corrected chi connectivity index (χ2v) is 5.80. The maximum Gasteiger partial charge on any atom is 0.118 e. The van der Waals surface area contributed by atoms with Crippen LogP contribution >= 0.6 is 0 Å². The van der Waals surface area contributed by atoms with E-state index in [1.54, 1.807) is 7.11 Å². The van der Waals surface area contributed by atoms with Crippen LogP contribution in [0.4, 0.5) is 0 Å². The number of nitrogens with one attached hydrogen (secondary N) is 1. The summed E-state index contributed by atoms with van der Waals surface area (Å²) in [6.45, 7) is 9.06. The van der Waals surface area contributed by atoms with Gasteiger partial charge in [0.2, 0.25) is 0 Å². The van der Waals surface area contributed by atoms with Crippen LogP contribution in [0.2, 0.25) is 0 Å². The van der Waals surface area contributed by atoms with Crippen LogP contribution in [0, 0.1) is 5.92 Å². The minimum atomic E-state index is 0.593. The van der Waals surface area contributed by atoms with Crippen molar-refractivity contribution in [3.8, 4) is 5.75 Å². The molecule has 0 aromatic heterocycles. The van der Waals surface area contributed by atoms with Crippen LogP contribution in [0.15, 0.2) is 24.3 Å². The predicted octanol–water partition coefficient (Wildman–Crippen LogP) is 2.52. The van der Waals surface area contributed by atoms with E-state index in [0.29, 0.717) is 6.04 Å². The lowest BCUT2D eigenvalue weighted by molar-refractivity contribution is 0.312. The van der Waals surface area contributed by atoms with Gasteiger partial charge in [0.15, 0.2) is 0 Å². The maximum absolute atomic E-state index is 5.19. The first-order chi connectivity index (χ1) is 9.17. The molecule has 1 atom stereocenters. The third kappa shape index (κ3) is 4.51. The molecule has 1 heterocycles. The fourth-order valence-electron chi connectivity index (χ4n) is 2.61. The summed E-state index contributed by atoms with van der Waals surface area (Å²) in [4.78, 5) is 2.55. The minimum absolute atomic E-state index is 0.593. The van der Waals surface area contributed by atoms with Gasteiger partial charge in [-0.3, -0.25) is 4.90 Å². The Morgan fingerprint density at radius 1 is 1.32 bits per heavy atom. The molecule has 1 aliphatic rings. The second-order valence-electron chi connectivity index (χ2n) is 5.80. The van der Waals surface area contributed by atoms with Gasteiger partial charge in [0, 0.05) is 19.1 Å². The summed E-state index contributed by atoms with van der Waals surface area (Å²) >= 11 is 0. The molecule has 0 spiro atoms. The smallest absolute Gasteiger partial charge is 0.118 e. The Morgan fingerprint density at radius 2 is 2.05 bits per heavy atom. The van der Waals surface area contributed by atoms with Crippen molar-refractivity contribution in [1.29, 1.82) is 0 Å². The molecule has 1 unspecified atom stereocenters. The zero-order valence-corrected chi connectivity index (χ0v) is 12.4.